The highest BCUT2D eigenvalue weighted by molar-refractivity contribution is 9.10. The molecule has 1 aromatic heterocycles. The smallest absolute Gasteiger partial charge is 0.339 e. The summed E-state index contributed by atoms with van der Waals surface area (Å²) in [5.41, 5.74) is -0.318. The number of esters is 1. The van der Waals surface area contributed by atoms with Crippen LogP contribution in [0.5, 0.6) is 0 Å². The topological polar surface area (TPSA) is 125 Å². The minimum atomic E-state index is -1.13. The van der Waals surface area contributed by atoms with Gasteiger partial charge in [-0.25, -0.2) is 4.79 Å². The van der Waals surface area contributed by atoms with Crippen molar-refractivity contribution in [1.82, 2.24) is 5.16 Å². The second kappa shape index (κ2) is 7.21. The summed E-state index contributed by atoms with van der Waals surface area (Å²) in [5, 5.41) is 16.9. The van der Waals surface area contributed by atoms with Crippen LogP contribution < -0.4 is 5.32 Å². The number of hydrogen-bond acceptors (Lipinski definition) is 7. The van der Waals surface area contributed by atoms with Gasteiger partial charge < -0.3 is 14.6 Å². The molecule has 24 heavy (non-hydrogen) atoms. The summed E-state index contributed by atoms with van der Waals surface area (Å²) in [6.45, 7) is 3.03. The average molecular weight is 398 g/mol. The molecule has 9 nitrogen and oxygen atoms in total. The van der Waals surface area contributed by atoms with Crippen molar-refractivity contribution in [3.63, 3.8) is 0 Å². The normalized spacial score (nSPS) is 11.6. The zero-order valence-corrected chi connectivity index (χ0v) is 14.2. The third-order valence-electron chi connectivity index (χ3n) is 2.91. The number of ether oxygens (including phenoxy) is 1. The van der Waals surface area contributed by atoms with Crippen LogP contribution in [-0.2, 0) is 9.53 Å². The molecule has 1 amide bonds. The standard InChI is InChI=1S/C14H12BrN3O6/c1-7-5-12(17-24-7)16-13(19)8(2)23-14(20)9-3-4-10(15)11(6-9)18(21)22/h3-6,8H,1-2H3,(H,16,17,19)/t8-/m1/s1. The number of nitrogens with zero attached hydrogens (tertiary/aromatic N) is 2. The predicted molar refractivity (Wildman–Crippen MR) is 85.5 cm³/mol. The van der Waals surface area contributed by atoms with E-state index in [1.807, 2.05) is 0 Å². The largest absolute Gasteiger partial charge is 0.449 e. The monoisotopic (exact) mass is 397 g/mol. The number of carbonyl (C=O) groups excluding carboxylic acids is 2. The molecule has 2 aromatic rings. The van der Waals surface area contributed by atoms with Crippen molar-refractivity contribution in [3.8, 4) is 0 Å². The number of aryl methyl sites for hydroxylation is 1. The maximum absolute atomic E-state index is 12.0. The summed E-state index contributed by atoms with van der Waals surface area (Å²) in [5.74, 6) is -0.760. The Morgan fingerprint density at radius 3 is 2.71 bits per heavy atom. The summed E-state index contributed by atoms with van der Waals surface area (Å²) in [4.78, 5) is 34.2. The molecular weight excluding hydrogens is 386 g/mol. The number of rotatable bonds is 5. The Kier molecular flexibility index (Phi) is 5.29. The fraction of sp³-hybridized carbons (Fsp3) is 0.214. The molecule has 0 unspecified atom stereocenters. The number of hydrogen-bond donors (Lipinski definition) is 1. The van der Waals surface area contributed by atoms with Gasteiger partial charge in [-0.1, -0.05) is 5.16 Å². The summed E-state index contributed by atoms with van der Waals surface area (Å²) < 4.78 is 10.0. The minimum absolute atomic E-state index is 0.0400. The Balaban J connectivity index is 2.04. The Morgan fingerprint density at radius 1 is 1.42 bits per heavy atom. The van der Waals surface area contributed by atoms with Gasteiger partial charge in [0.05, 0.1) is 15.0 Å². The van der Waals surface area contributed by atoms with E-state index >= 15 is 0 Å². The zero-order chi connectivity index (χ0) is 17.9. The van der Waals surface area contributed by atoms with Crippen LogP contribution in [0.4, 0.5) is 11.5 Å². The third-order valence-corrected chi connectivity index (χ3v) is 3.58. The maximum atomic E-state index is 12.0. The van der Waals surface area contributed by atoms with Crippen LogP contribution in [0.2, 0.25) is 0 Å². The first-order chi connectivity index (χ1) is 11.3. The van der Waals surface area contributed by atoms with Gasteiger partial charge in [0.25, 0.3) is 11.6 Å². The number of benzene rings is 1. The molecule has 0 spiro atoms. The van der Waals surface area contributed by atoms with Crippen molar-refractivity contribution < 1.29 is 23.8 Å². The van der Waals surface area contributed by atoms with Crippen molar-refractivity contribution in [1.29, 1.82) is 0 Å². The van der Waals surface area contributed by atoms with Crippen LogP contribution >= 0.6 is 15.9 Å². The van der Waals surface area contributed by atoms with Crippen molar-refractivity contribution in [2.45, 2.75) is 20.0 Å². The SMILES string of the molecule is Cc1cc(NC(=O)[C@@H](C)OC(=O)c2ccc(Br)c([N+](=O)[O-])c2)no1. The van der Waals surface area contributed by atoms with Crippen molar-refractivity contribution in [2.24, 2.45) is 0 Å². The van der Waals surface area contributed by atoms with E-state index in [-0.39, 0.29) is 21.5 Å². The molecule has 0 bridgehead atoms. The van der Waals surface area contributed by atoms with Gasteiger partial charge in [0, 0.05) is 12.1 Å². The number of halogens is 1. The molecule has 10 heteroatoms. The molecule has 0 aliphatic rings. The lowest BCUT2D eigenvalue weighted by molar-refractivity contribution is -0.385. The van der Waals surface area contributed by atoms with E-state index in [0.29, 0.717) is 5.76 Å². The number of nitro groups is 1. The second-order valence-electron chi connectivity index (χ2n) is 4.78. The molecule has 0 saturated carbocycles. The number of carbonyl (C=O) groups is 2. The van der Waals surface area contributed by atoms with Gasteiger partial charge in [-0.3, -0.25) is 14.9 Å². The molecule has 0 aliphatic heterocycles. The van der Waals surface area contributed by atoms with Gasteiger partial charge in [0.15, 0.2) is 11.9 Å². The zero-order valence-electron chi connectivity index (χ0n) is 12.6. The van der Waals surface area contributed by atoms with E-state index in [0.717, 1.165) is 6.07 Å². The number of nitrogens with one attached hydrogen (secondary N) is 1. The maximum Gasteiger partial charge on any atom is 0.339 e. The number of aromatic nitrogens is 1. The van der Waals surface area contributed by atoms with Gasteiger partial charge in [0.1, 0.15) is 5.76 Å². The van der Waals surface area contributed by atoms with Gasteiger partial charge in [0.2, 0.25) is 0 Å². The van der Waals surface area contributed by atoms with Crippen LogP contribution in [-0.4, -0.2) is 28.1 Å². The highest BCUT2D eigenvalue weighted by Crippen LogP contribution is 2.26. The average Bonchev–Trinajstić information content (AvgIpc) is 2.92. The number of anilines is 1. The van der Waals surface area contributed by atoms with Gasteiger partial charge in [-0.15, -0.1) is 0 Å². The van der Waals surface area contributed by atoms with E-state index in [1.165, 1.54) is 25.1 Å². The molecule has 0 aliphatic carbocycles. The highest BCUT2D eigenvalue weighted by atomic mass is 79.9. The first-order valence-electron chi connectivity index (χ1n) is 6.67. The highest BCUT2D eigenvalue weighted by Gasteiger charge is 2.22. The Bertz CT molecular complexity index is 804. The van der Waals surface area contributed by atoms with Crippen LogP contribution in [0.3, 0.4) is 0 Å². The van der Waals surface area contributed by atoms with E-state index in [9.17, 15) is 19.7 Å². The Labute approximate surface area is 144 Å². The predicted octanol–water partition coefficient (Wildman–Crippen LogP) is 2.84. The van der Waals surface area contributed by atoms with Crippen molar-refractivity contribution >= 4 is 39.3 Å². The van der Waals surface area contributed by atoms with Gasteiger partial charge >= 0.3 is 5.97 Å². The van der Waals surface area contributed by atoms with Gasteiger partial charge in [-0.05, 0) is 41.9 Å². The molecule has 0 fully saturated rings. The lowest BCUT2D eigenvalue weighted by Crippen LogP contribution is -2.30. The Hall–Kier alpha value is -2.75. The van der Waals surface area contributed by atoms with E-state index in [2.05, 4.69) is 26.4 Å². The van der Waals surface area contributed by atoms with E-state index < -0.39 is 22.9 Å². The summed E-state index contributed by atoms with van der Waals surface area (Å²) in [7, 11) is 0. The fourth-order valence-corrected chi connectivity index (χ4v) is 2.11. The Morgan fingerprint density at radius 2 is 2.12 bits per heavy atom. The molecule has 0 radical (unpaired) electrons. The molecular formula is C14H12BrN3O6. The van der Waals surface area contributed by atoms with Crippen molar-refractivity contribution in [2.75, 3.05) is 5.32 Å². The second-order valence-corrected chi connectivity index (χ2v) is 5.64. The number of nitro benzene ring substituents is 1. The van der Waals surface area contributed by atoms with Crippen LogP contribution in [0.1, 0.15) is 23.0 Å². The van der Waals surface area contributed by atoms with E-state index in [1.54, 1.807) is 6.92 Å². The molecule has 1 heterocycles. The lowest BCUT2D eigenvalue weighted by atomic mass is 10.2. The van der Waals surface area contributed by atoms with E-state index in [4.69, 9.17) is 9.26 Å². The molecule has 2 rings (SSSR count). The van der Waals surface area contributed by atoms with Gasteiger partial charge in [-0.2, -0.15) is 0 Å². The fourth-order valence-electron chi connectivity index (χ4n) is 1.71. The van der Waals surface area contributed by atoms with Crippen LogP contribution in [0.15, 0.2) is 33.3 Å². The van der Waals surface area contributed by atoms with Crippen molar-refractivity contribution in [3.05, 3.63) is 50.2 Å². The lowest BCUT2D eigenvalue weighted by Gasteiger charge is -2.12. The molecule has 0 saturated heterocycles. The molecule has 126 valence electrons. The first kappa shape index (κ1) is 17.6. The molecule has 1 aromatic carbocycles. The summed E-state index contributed by atoms with van der Waals surface area (Å²) in [6.07, 6.45) is -1.13. The minimum Gasteiger partial charge on any atom is -0.449 e. The van der Waals surface area contributed by atoms with Crippen LogP contribution in [0, 0.1) is 17.0 Å². The summed E-state index contributed by atoms with van der Waals surface area (Å²) in [6, 6.07) is 5.28. The molecule has 1 N–H and O–H groups in total. The third kappa shape index (κ3) is 4.16. The number of amides is 1. The quantitative estimate of drug-likeness (QED) is 0.466. The summed E-state index contributed by atoms with van der Waals surface area (Å²) >= 11 is 3.02. The van der Waals surface area contributed by atoms with Crippen LogP contribution in [0.25, 0.3) is 0 Å². The molecule has 1 atom stereocenters. The first-order valence-corrected chi connectivity index (χ1v) is 7.46.